The first-order chi connectivity index (χ1) is 17.9. The van der Waals surface area contributed by atoms with Crippen molar-refractivity contribution in [1.29, 1.82) is 0 Å². The molecule has 1 atom stereocenters. The molecule has 200 valence electrons. The van der Waals surface area contributed by atoms with Crippen molar-refractivity contribution in [3.8, 4) is 17.2 Å². The van der Waals surface area contributed by atoms with E-state index in [-0.39, 0.29) is 17.9 Å². The van der Waals surface area contributed by atoms with E-state index in [2.05, 4.69) is 34.3 Å². The van der Waals surface area contributed by atoms with E-state index in [1.54, 1.807) is 32.4 Å². The minimum atomic E-state index is -0.00908. The molecule has 2 aromatic carbocycles. The molecule has 9 heteroatoms. The van der Waals surface area contributed by atoms with Crippen LogP contribution in [0.4, 0.5) is 0 Å². The number of hydrogen-bond acceptors (Lipinski definition) is 7. The van der Waals surface area contributed by atoms with E-state index in [0.29, 0.717) is 43.2 Å². The summed E-state index contributed by atoms with van der Waals surface area (Å²) in [5.74, 6) is 2.22. The van der Waals surface area contributed by atoms with Gasteiger partial charge in [0.25, 0.3) is 5.91 Å². The lowest BCUT2D eigenvalue weighted by Gasteiger charge is -2.34. The van der Waals surface area contributed by atoms with Crippen molar-refractivity contribution < 1.29 is 23.8 Å². The lowest BCUT2D eigenvalue weighted by Crippen LogP contribution is -2.49. The van der Waals surface area contributed by atoms with E-state index in [0.717, 1.165) is 44.9 Å². The number of carbonyl (C=O) groups excluding carboxylic acids is 2. The Morgan fingerprint density at radius 3 is 2.41 bits per heavy atom. The molecule has 0 saturated carbocycles. The van der Waals surface area contributed by atoms with Crippen LogP contribution in [0.5, 0.6) is 17.2 Å². The minimum Gasteiger partial charge on any atom is -0.497 e. The van der Waals surface area contributed by atoms with Crippen LogP contribution in [-0.2, 0) is 11.3 Å². The SMILES string of the molecule is COc1cc(OC)cc(C(=O)N2CCN(CCOc3cccc(CN(C)CC4CCC(=O)N4)c3)CC2)c1. The molecule has 2 saturated heterocycles. The van der Waals surface area contributed by atoms with Crippen LogP contribution in [0.1, 0.15) is 28.8 Å². The van der Waals surface area contributed by atoms with Crippen LogP contribution >= 0.6 is 0 Å². The summed E-state index contributed by atoms with van der Waals surface area (Å²) >= 11 is 0. The highest BCUT2D eigenvalue weighted by molar-refractivity contribution is 5.95. The standard InChI is InChI=1S/C28H38N4O5/c1-30(20-23-7-8-27(33)29-23)19-21-5-4-6-24(15-21)37-14-13-31-9-11-32(12-10-31)28(34)22-16-25(35-2)18-26(17-22)36-3/h4-6,15-18,23H,7-14,19-20H2,1-3H3,(H,29,33). The van der Waals surface area contributed by atoms with Gasteiger partial charge in [0.15, 0.2) is 0 Å². The average Bonchev–Trinajstić information content (AvgIpc) is 3.32. The van der Waals surface area contributed by atoms with Gasteiger partial charge in [-0.25, -0.2) is 0 Å². The van der Waals surface area contributed by atoms with E-state index < -0.39 is 0 Å². The topological polar surface area (TPSA) is 83.6 Å². The van der Waals surface area contributed by atoms with Crippen LogP contribution < -0.4 is 19.5 Å². The lowest BCUT2D eigenvalue weighted by molar-refractivity contribution is -0.119. The Hall–Kier alpha value is -3.30. The minimum absolute atomic E-state index is 0.00908. The average molecular weight is 511 g/mol. The van der Waals surface area contributed by atoms with Crippen molar-refractivity contribution in [2.75, 3.05) is 67.1 Å². The molecule has 37 heavy (non-hydrogen) atoms. The Morgan fingerprint density at radius 1 is 1.03 bits per heavy atom. The molecule has 9 nitrogen and oxygen atoms in total. The third-order valence-corrected chi connectivity index (χ3v) is 6.90. The molecule has 2 fully saturated rings. The van der Waals surface area contributed by atoms with Gasteiger partial charge in [0.1, 0.15) is 23.9 Å². The second-order valence-corrected chi connectivity index (χ2v) is 9.73. The quantitative estimate of drug-likeness (QED) is 0.497. The van der Waals surface area contributed by atoms with E-state index in [4.69, 9.17) is 14.2 Å². The summed E-state index contributed by atoms with van der Waals surface area (Å²) in [6.07, 6.45) is 1.54. The van der Waals surface area contributed by atoms with E-state index >= 15 is 0 Å². The Morgan fingerprint density at radius 2 is 1.76 bits per heavy atom. The maximum atomic E-state index is 13.0. The molecule has 0 spiro atoms. The number of rotatable bonds is 11. The maximum absolute atomic E-state index is 13.0. The van der Waals surface area contributed by atoms with Gasteiger partial charge >= 0.3 is 0 Å². The lowest BCUT2D eigenvalue weighted by atomic mass is 10.1. The summed E-state index contributed by atoms with van der Waals surface area (Å²) in [7, 11) is 5.24. The number of benzene rings is 2. The third kappa shape index (κ3) is 7.60. The van der Waals surface area contributed by atoms with Gasteiger partial charge in [-0.2, -0.15) is 0 Å². The van der Waals surface area contributed by atoms with Crippen molar-refractivity contribution in [3.05, 3.63) is 53.6 Å². The number of amides is 2. The highest BCUT2D eigenvalue weighted by Gasteiger charge is 2.23. The molecule has 2 aliphatic rings. The predicted octanol–water partition coefficient (Wildman–Crippen LogP) is 2.25. The van der Waals surface area contributed by atoms with Crippen molar-refractivity contribution >= 4 is 11.8 Å². The smallest absolute Gasteiger partial charge is 0.254 e. The second kappa shape index (κ2) is 12.8. The van der Waals surface area contributed by atoms with Gasteiger partial charge in [-0.1, -0.05) is 12.1 Å². The maximum Gasteiger partial charge on any atom is 0.254 e. The molecule has 0 radical (unpaired) electrons. The van der Waals surface area contributed by atoms with Crippen LogP contribution in [0.3, 0.4) is 0 Å². The Kier molecular flexibility index (Phi) is 9.24. The number of nitrogens with zero attached hydrogens (tertiary/aromatic N) is 3. The predicted molar refractivity (Wildman–Crippen MR) is 141 cm³/mol. The Balaban J connectivity index is 1.19. The first kappa shape index (κ1) is 26.8. The molecule has 0 aliphatic carbocycles. The highest BCUT2D eigenvalue weighted by Crippen LogP contribution is 2.24. The van der Waals surface area contributed by atoms with E-state index in [1.165, 1.54) is 5.56 Å². The molecule has 1 unspecified atom stereocenters. The number of methoxy groups -OCH3 is 2. The summed E-state index contributed by atoms with van der Waals surface area (Å²) in [6.45, 7) is 5.99. The monoisotopic (exact) mass is 510 g/mol. The van der Waals surface area contributed by atoms with Gasteiger partial charge in [-0.05, 0) is 43.3 Å². The zero-order valence-corrected chi connectivity index (χ0v) is 22.1. The molecule has 2 aromatic rings. The summed E-state index contributed by atoms with van der Waals surface area (Å²) in [5.41, 5.74) is 1.76. The molecule has 2 amide bonds. The fourth-order valence-electron chi connectivity index (χ4n) is 4.88. The van der Waals surface area contributed by atoms with Gasteiger partial charge < -0.3 is 29.3 Å². The zero-order chi connectivity index (χ0) is 26.2. The summed E-state index contributed by atoms with van der Waals surface area (Å²) in [6, 6.07) is 13.7. The van der Waals surface area contributed by atoms with Crippen molar-refractivity contribution in [1.82, 2.24) is 20.0 Å². The summed E-state index contributed by atoms with van der Waals surface area (Å²) in [5, 5.41) is 3.03. The Labute approximate surface area is 219 Å². The molecule has 2 heterocycles. The summed E-state index contributed by atoms with van der Waals surface area (Å²) in [4.78, 5) is 30.9. The van der Waals surface area contributed by atoms with Gasteiger partial charge in [0, 0.05) is 69.9 Å². The van der Waals surface area contributed by atoms with Crippen LogP contribution in [0.2, 0.25) is 0 Å². The van der Waals surface area contributed by atoms with Gasteiger partial charge in [0.05, 0.1) is 14.2 Å². The zero-order valence-electron chi connectivity index (χ0n) is 22.1. The number of hydrogen-bond donors (Lipinski definition) is 1. The molecule has 1 N–H and O–H groups in total. The number of piperazine rings is 1. The molecular weight excluding hydrogens is 472 g/mol. The molecule has 4 rings (SSSR count). The van der Waals surface area contributed by atoms with Crippen LogP contribution in [0, 0.1) is 0 Å². The van der Waals surface area contributed by atoms with Gasteiger partial charge in [-0.15, -0.1) is 0 Å². The fourth-order valence-corrected chi connectivity index (χ4v) is 4.88. The number of likely N-dealkylation sites (N-methyl/N-ethyl adjacent to an activating group) is 1. The third-order valence-electron chi connectivity index (χ3n) is 6.90. The van der Waals surface area contributed by atoms with Gasteiger partial charge in [0.2, 0.25) is 5.91 Å². The van der Waals surface area contributed by atoms with E-state index in [1.807, 2.05) is 17.0 Å². The van der Waals surface area contributed by atoms with Gasteiger partial charge in [-0.3, -0.25) is 14.5 Å². The molecule has 2 aliphatic heterocycles. The van der Waals surface area contributed by atoms with E-state index in [9.17, 15) is 9.59 Å². The van der Waals surface area contributed by atoms with Crippen LogP contribution in [0.15, 0.2) is 42.5 Å². The number of ether oxygens (including phenoxy) is 3. The van der Waals surface area contributed by atoms with Crippen LogP contribution in [-0.4, -0.2) is 99.7 Å². The second-order valence-electron chi connectivity index (χ2n) is 9.73. The van der Waals surface area contributed by atoms with Crippen molar-refractivity contribution in [2.45, 2.75) is 25.4 Å². The van der Waals surface area contributed by atoms with Crippen LogP contribution in [0.25, 0.3) is 0 Å². The number of carbonyl (C=O) groups is 2. The largest absolute Gasteiger partial charge is 0.497 e. The first-order valence-corrected chi connectivity index (χ1v) is 12.9. The highest BCUT2D eigenvalue weighted by atomic mass is 16.5. The molecule has 0 aromatic heterocycles. The van der Waals surface area contributed by atoms with Crippen molar-refractivity contribution in [3.63, 3.8) is 0 Å². The fraction of sp³-hybridized carbons (Fsp3) is 0.500. The molecular formula is C28H38N4O5. The van der Waals surface area contributed by atoms with Crippen molar-refractivity contribution in [2.24, 2.45) is 0 Å². The summed E-state index contributed by atoms with van der Waals surface area (Å²) < 4.78 is 16.6. The number of nitrogens with one attached hydrogen (secondary N) is 1. The normalized spacial score (nSPS) is 18.1. The molecule has 0 bridgehead atoms. The first-order valence-electron chi connectivity index (χ1n) is 12.9. The Bertz CT molecular complexity index is 1050.